The van der Waals surface area contributed by atoms with Gasteiger partial charge in [0.2, 0.25) is 11.8 Å². The Morgan fingerprint density at radius 1 is 1.36 bits per heavy atom. The van der Waals surface area contributed by atoms with Crippen LogP contribution in [0.25, 0.3) is 0 Å². The van der Waals surface area contributed by atoms with E-state index in [1.165, 1.54) is 4.90 Å². The Morgan fingerprint density at radius 3 is 2.55 bits per heavy atom. The summed E-state index contributed by atoms with van der Waals surface area (Å²) in [5.74, 6) is -0.811. The SMILES string of the molecule is Cc1cc(Br)ccc1NC(=O)CN(C)[C@@H](C)C(=O)NC(N)=O. The number of nitrogens with zero attached hydrogens (tertiary/aromatic N) is 1. The van der Waals surface area contributed by atoms with Gasteiger partial charge in [-0.25, -0.2) is 4.79 Å². The molecule has 0 aliphatic rings. The van der Waals surface area contributed by atoms with Crippen LogP contribution in [0.3, 0.4) is 0 Å². The second-order valence-corrected chi connectivity index (χ2v) is 5.87. The predicted molar refractivity (Wildman–Crippen MR) is 87.3 cm³/mol. The van der Waals surface area contributed by atoms with E-state index in [0.717, 1.165) is 10.0 Å². The maximum Gasteiger partial charge on any atom is 0.318 e. The first-order valence-corrected chi connectivity index (χ1v) is 7.36. The molecule has 8 heteroatoms. The molecule has 0 saturated carbocycles. The highest BCUT2D eigenvalue weighted by Crippen LogP contribution is 2.19. The third-order valence-corrected chi connectivity index (χ3v) is 3.64. The van der Waals surface area contributed by atoms with Crippen LogP contribution in [0.2, 0.25) is 0 Å². The zero-order valence-corrected chi connectivity index (χ0v) is 14.2. The number of anilines is 1. The third kappa shape index (κ3) is 5.45. The van der Waals surface area contributed by atoms with Gasteiger partial charge < -0.3 is 11.1 Å². The van der Waals surface area contributed by atoms with E-state index in [4.69, 9.17) is 5.73 Å². The Hall–Kier alpha value is -1.93. The van der Waals surface area contributed by atoms with E-state index < -0.39 is 18.0 Å². The topological polar surface area (TPSA) is 105 Å². The zero-order valence-electron chi connectivity index (χ0n) is 12.6. The third-order valence-electron chi connectivity index (χ3n) is 3.14. The Morgan fingerprint density at radius 2 is 2.00 bits per heavy atom. The molecule has 0 aromatic heterocycles. The van der Waals surface area contributed by atoms with Gasteiger partial charge in [-0.1, -0.05) is 15.9 Å². The number of likely N-dealkylation sites (N-methyl/N-ethyl adjacent to an activating group) is 1. The molecule has 1 rings (SSSR count). The van der Waals surface area contributed by atoms with E-state index in [0.29, 0.717) is 5.69 Å². The molecule has 0 radical (unpaired) electrons. The van der Waals surface area contributed by atoms with Crippen LogP contribution in [0.5, 0.6) is 0 Å². The quantitative estimate of drug-likeness (QED) is 0.724. The van der Waals surface area contributed by atoms with Crippen molar-refractivity contribution in [1.82, 2.24) is 10.2 Å². The number of imide groups is 1. The fourth-order valence-electron chi connectivity index (χ4n) is 1.75. The summed E-state index contributed by atoms with van der Waals surface area (Å²) in [5, 5.41) is 4.76. The first kappa shape index (κ1) is 18.1. The van der Waals surface area contributed by atoms with Crippen molar-refractivity contribution in [2.75, 3.05) is 18.9 Å². The average molecular weight is 371 g/mol. The first-order valence-electron chi connectivity index (χ1n) is 6.57. The number of rotatable bonds is 5. The Labute approximate surface area is 137 Å². The summed E-state index contributed by atoms with van der Waals surface area (Å²) < 4.78 is 0.928. The van der Waals surface area contributed by atoms with Crippen molar-refractivity contribution in [2.45, 2.75) is 19.9 Å². The molecule has 7 nitrogen and oxygen atoms in total. The maximum absolute atomic E-state index is 12.0. The van der Waals surface area contributed by atoms with Crippen LogP contribution in [0.15, 0.2) is 22.7 Å². The molecule has 1 aromatic carbocycles. The largest absolute Gasteiger partial charge is 0.351 e. The van der Waals surface area contributed by atoms with Gasteiger partial charge in [-0.2, -0.15) is 0 Å². The number of benzene rings is 1. The highest BCUT2D eigenvalue weighted by molar-refractivity contribution is 9.10. The molecule has 4 N–H and O–H groups in total. The number of carbonyl (C=O) groups excluding carboxylic acids is 3. The smallest absolute Gasteiger partial charge is 0.318 e. The molecule has 0 bridgehead atoms. The van der Waals surface area contributed by atoms with E-state index in [2.05, 4.69) is 21.2 Å². The molecule has 0 aliphatic carbocycles. The number of carbonyl (C=O) groups is 3. The van der Waals surface area contributed by atoms with E-state index >= 15 is 0 Å². The summed E-state index contributed by atoms with van der Waals surface area (Å²) in [6.07, 6.45) is 0. The van der Waals surface area contributed by atoms with E-state index in [1.54, 1.807) is 20.0 Å². The molecule has 0 fully saturated rings. The molecule has 22 heavy (non-hydrogen) atoms. The summed E-state index contributed by atoms with van der Waals surface area (Å²) in [7, 11) is 1.61. The van der Waals surface area contributed by atoms with Crippen LogP contribution >= 0.6 is 15.9 Å². The number of hydrogen-bond donors (Lipinski definition) is 3. The molecule has 120 valence electrons. The summed E-state index contributed by atoms with van der Waals surface area (Å²) in [5.41, 5.74) is 6.52. The minimum atomic E-state index is -0.916. The number of amides is 4. The van der Waals surface area contributed by atoms with Crippen molar-refractivity contribution >= 4 is 39.5 Å². The summed E-state index contributed by atoms with van der Waals surface area (Å²) in [6, 6.07) is 3.93. The number of primary amides is 1. The molecular weight excluding hydrogens is 352 g/mol. The molecule has 0 heterocycles. The zero-order chi connectivity index (χ0) is 16.9. The number of aryl methyl sites for hydroxylation is 1. The minimum Gasteiger partial charge on any atom is -0.351 e. The van der Waals surface area contributed by atoms with Crippen LogP contribution in [-0.4, -0.2) is 42.4 Å². The first-order chi connectivity index (χ1) is 10.2. The summed E-state index contributed by atoms with van der Waals surface area (Å²) in [6.45, 7) is 3.46. The lowest BCUT2D eigenvalue weighted by molar-refractivity contribution is -0.125. The lowest BCUT2D eigenvalue weighted by Crippen LogP contribution is -2.48. The van der Waals surface area contributed by atoms with Crippen molar-refractivity contribution in [3.8, 4) is 0 Å². The average Bonchev–Trinajstić information content (AvgIpc) is 2.40. The van der Waals surface area contributed by atoms with Gasteiger partial charge in [-0.05, 0) is 44.7 Å². The fraction of sp³-hybridized carbons (Fsp3) is 0.357. The lowest BCUT2D eigenvalue weighted by Gasteiger charge is -2.22. The normalized spacial score (nSPS) is 11.9. The minimum absolute atomic E-state index is 0.00283. The molecule has 0 unspecified atom stereocenters. The number of halogens is 1. The number of nitrogens with one attached hydrogen (secondary N) is 2. The van der Waals surface area contributed by atoms with Gasteiger partial charge in [0.05, 0.1) is 12.6 Å². The second kappa shape index (κ2) is 7.90. The lowest BCUT2D eigenvalue weighted by atomic mass is 10.2. The van der Waals surface area contributed by atoms with Gasteiger partial charge in [0.1, 0.15) is 0 Å². The molecule has 1 atom stereocenters. The summed E-state index contributed by atoms with van der Waals surface area (Å²) in [4.78, 5) is 35.8. The molecule has 4 amide bonds. The second-order valence-electron chi connectivity index (χ2n) is 4.95. The fourth-order valence-corrected chi connectivity index (χ4v) is 2.22. The van der Waals surface area contributed by atoms with Gasteiger partial charge >= 0.3 is 6.03 Å². The van der Waals surface area contributed by atoms with E-state index in [1.807, 2.05) is 24.4 Å². The van der Waals surface area contributed by atoms with Gasteiger partial charge in [0.25, 0.3) is 0 Å². The number of urea groups is 1. The molecule has 0 saturated heterocycles. The predicted octanol–water partition coefficient (Wildman–Crippen LogP) is 1.21. The van der Waals surface area contributed by atoms with Gasteiger partial charge in [-0.3, -0.25) is 19.8 Å². The van der Waals surface area contributed by atoms with Crippen LogP contribution in [0.4, 0.5) is 10.5 Å². The van der Waals surface area contributed by atoms with Crippen LogP contribution < -0.4 is 16.4 Å². The van der Waals surface area contributed by atoms with Crippen LogP contribution in [0, 0.1) is 6.92 Å². The molecular formula is C14H19BrN4O3. The van der Waals surface area contributed by atoms with Crippen LogP contribution in [0.1, 0.15) is 12.5 Å². The monoisotopic (exact) mass is 370 g/mol. The Kier molecular flexibility index (Phi) is 6.51. The molecule has 0 spiro atoms. The van der Waals surface area contributed by atoms with Crippen molar-refractivity contribution in [2.24, 2.45) is 5.73 Å². The van der Waals surface area contributed by atoms with Crippen molar-refractivity contribution in [1.29, 1.82) is 0 Å². The van der Waals surface area contributed by atoms with E-state index in [-0.39, 0.29) is 12.5 Å². The van der Waals surface area contributed by atoms with Crippen LogP contribution in [-0.2, 0) is 9.59 Å². The summed E-state index contributed by atoms with van der Waals surface area (Å²) >= 11 is 3.35. The number of hydrogen-bond acceptors (Lipinski definition) is 4. The van der Waals surface area contributed by atoms with Gasteiger partial charge in [0, 0.05) is 10.2 Å². The van der Waals surface area contributed by atoms with Gasteiger partial charge in [-0.15, -0.1) is 0 Å². The van der Waals surface area contributed by atoms with Crippen molar-refractivity contribution in [3.63, 3.8) is 0 Å². The Bertz CT molecular complexity index is 591. The Balaban J connectivity index is 2.60. The maximum atomic E-state index is 12.0. The molecule has 1 aromatic rings. The highest BCUT2D eigenvalue weighted by Gasteiger charge is 2.21. The van der Waals surface area contributed by atoms with Crippen molar-refractivity contribution < 1.29 is 14.4 Å². The molecule has 0 aliphatic heterocycles. The van der Waals surface area contributed by atoms with E-state index in [9.17, 15) is 14.4 Å². The van der Waals surface area contributed by atoms with Gasteiger partial charge in [0.15, 0.2) is 0 Å². The standard InChI is InChI=1S/C14H19BrN4O3/c1-8-6-10(15)4-5-11(8)17-12(20)7-19(3)9(2)13(21)18-14(16)22/h4-6,9H,7H2,1-3H3,(H,17,20)(H3,16,18,21,22)/t9-/m0/s1. The highest BCUT2D eigenvalue weighted by atomic mass is 79.9. The van der Waals surface area contributed by atoms with Crippen molar-refractivity contribution in [3.05, 3.63) is 28.2 Å². The number of nitrogens with two attached hydrogens (primary N) is 1.